The summed E-state index contributed by atoms with van der Waals surface area (Å²) in [5.74, 6) is 0.185. The molecule has 124 valence electrons. The summed E-state index contributed by atoms with van der Waals surface area (Å²) in [5, 5.41) is 7.83. The zero-order valence-corrected chi connectivity index (χ0v) is 13.9. The number of nitrogens with zero attached hydrogens (tertiary/aromatic N) is 5. The maximum absolute atomic E-state index is 12.1. The lowest BCUT2D eigenvalue weighted by Gasteiger charge is -2.39. The van der Waals surface area contributed by atoms with Gasteiger partial charge in [0.1, 0.15) is 0 Å². The first kappa shape index (κ1) is 15.7. The van der Waals surface area contributed by atoms with E-state index in [4.69, 9.17) is 0 Å². The van der Waals surface area contributed by atoms with E-state index in [0.717, 1.165) is 24.4 Å². The van der Waals surface area contributed by atoms with Crippen molar-refractivity contribution in [2.45, 2.75) is 44.9 Å². The van der Waals surface area contributed by atoms with E-state index in [1.54, 1.807) is 6.20 Å². The maximum atomic E-state index is 12.1. The highest BCUT2D eigenvalue weighted by Gasteiger charge is 2.35. The van der Waals surface area contributed by atoms with Crippen molar-refractivity contribution in [2.75, 3.05) is 7.05 Å². The zero-order valence-electron chi connectivity index (χ0n) is 13.9. The molecule has 0 aromatic carbocycles. The van der Waals surface area contributed by atoms with E-state index >= 15 is 0 Å². The van der Waals surface area contributed by atoms with Crippen LogP contribution >= 0.6 is 0 Å². The van der Waals surface area contributed by atoms with Crippen molar-refractivity contribution in [3.05, 3.63) is 36.2 Å². The van der Waals surface area contributed by atoms with Gasteiger partial charge in [-0.2, -0.15) is 5.10 Å². The Hall–Kier alpha value is -2.15. The van der Waals surface area contributed by atoms with E-state index in [1.807, 2.05) is 36.1 Å². The maximum Gasteiger partial charge on any atom is 0.222 e. The van der Waals surface area contributed by atoms with Gasteiger partial charge in [0.05, 0.1) is 23.8 Å². The lowest BCUT2D eigenvalue weighted by molar-refractivity contribution is -0.136. The van der Waals surface area contributed by atoms with Crippen molar-refractivity contribution >= 4 is 5.91 Å². The summed E-state index contributed by atoms with van der Waals surface area (Å²) in [6.07, 6.45) is 7.09. The Morgan fingerprint density at radius 1 is 1.39 bits per heavy atom. The number of likely N-dealkylation sites (N-methyl/N-ethyl adjacent to an activating group) is 1. The molecule has 23 heavy (non-hydrogen) atoms. The number of hydrogen-bond donors (Lipinski definition) is 1. The molecule has 1 aliphatic heterocycles. The van der Waals surface area contributed by atoms with Crippen LogP contribution in [-0.4, -0.2) is 43.2 Å². The number of aromatic nitrogens is 4. The van der Waals surface area contributed by atoms with Crippen LogP contribution in [0.5, 0.6) is 0 Å². The first-order valence-electron chi connectivity index (χ1n) is 8.07. The van der Waals surface area contributed by atoms with Gasteiger partial charge in [-0.25, -0.2) is 4.98 Å². The summed E-state index contributed by atoms with van der Waals surface area (Å²) in [7, 11) is 3.79. The van der Waals surface area contributed by atoms with Gasteiger partial charge in [-0.15, -0.1) is 0 Å². The van der Waals surface area contributed by atoms with Gasteiger partial charge in [0.2, 0.25) is 5.91 Å². The third kappa shape index (κ3) is 3.14. The molecule has 2 aromatic heterocycles. The van der Waals surface area contributed by atoms with Crippen molar-refractivity contribution in [1.29, 1.82) is 0 Å². The molecule has 1 aliphatic rings. The van der Waals surface area contributed by atoms with E-state index in [1.165, 1.54) is 0 Å². The minimum absolute atomic E-state index is 0.00277. The van der Waals surface area contributed by atoms with E-state index in [9.17, 15) is 4.79 Å². The highest BCUT2D eigenvalue weighted by molar-refractivity contribution is 5.77. The first-order valence-corrected chi connectivity index (χ1v) is 8.07. The number of carbonyl (C=O) groups is 1. The highest BCUT2D eigenvalue weighted by Crippen LogP contribution is 2.30. The molecule has 7 nitrogen and oxygen atoms in total. The summed E-state index contributed by atoms with van der Waals surface area (Å²) in [5.41, 5.74) is 2.08. The third-order valence-corrected chi connectivity index (χ3v) is 4.62. The summed E-state index contributed by atoms with van der Waals surface area (Å²) in [6, 6.07) is 2.18. The van der Waals surface area contributed by atoms with Gasteiger partial charge in [-0.05, 0) is 19.4 Å². The molecule has 1 N–H and O–H groups in total. The van der Waals surface area contributed by atoms with Crippen LogP contribution in [0.1, 0.15) is 37.2 Å². The Morgan fingerprint density at radius 2 is 2.22 bits per heavy atom. The summed E-state index contributed by atoms with van der Waals surface area (Å²) in [6.45, 7) is 3.72. The number of piperidine rings is 1. The molecular weight excluding hydrogens is 292 g/mol. The Balaban J connectivity index is 1.75. The number of carbonyl (C=O) groups excluding carboxylic acids is 1. The zero-order chi connectivity index (χ0) is 16.4. The van der Waals surface area contributed by atoms with Crippen LogP contribution in [0.15, 0.2) is 24.8 Å². The Kier molecular flexibility index (Phi) is 4.47. The first-order chi connectivity index (χ1) is 11.1. The molecule has 0 spiro atoms. The second-order valence-electron chi connectivity index (χ2n) is 6.05. The molecule has 0 bridgehead atoms. The fourth-order valence-corrected chi connectivity index (χ4v) is 3.24. The normalized spacial score (nSPS) is 21.9. The van der Waals surface area contributed by atoms with Crippen LogP contribution in [0.3, 0.4) is 0 Å². The quantitative estimate of drug-likeness (QED) is 0.896. The molecule has 0 unspecified atom stereocenters. The van der Waals surface area contributed by atoms with Gasteiger partial charge in [-0.3, -0.25) is 9.48 Å². The summed E-state index contributed by atoms with van der Waals surface area (Å²) in [4.78, 5) is 18.4. The second-order valence-corrected chi connectivity index (χ2v) is 6.05. The van der Waals surface area contributed by atoms with Crippen LogP contribution in [0.25, 0.3) is 0 Å². The van der Waals surface area contributed by atoms with Gasteiger partial charge in [0.25, 0.3) is 0 Å². The average molecular weight is 316 g/mol. The smallest absolute Gasteiger partial charge is 0.222 e. The molecule has 3 heterocycles. The highest BCUT2D eigenvalue weighted by atomic mass is 16.2. The van der Waals surface area contributed by atoms with Crippen molar-refractivity contribution in [1.82, 2.24) is 29.5 Å². The molecule has 1 amide bonds. The summed E-state index contributed by atoms with van der Waals surface area (Å²) < 4.78 is 3.91. The van der Waals surface area contributed by atoms with Gasteiger partial charge in [-0.1, -0.05) is 0 Å². The van der Waals surface area contributed by atoms with E-state index in [-0.39, 0.29) is 18.0 Å². The number of rotatable bonds is 5. The molecule has 2 aromatic rings. The number of amides is 1. The molecule has 0 aliphatic carbocycles. The van der Waals surface area contributed by atoms with Crippen molar-refractivity contribution in [3.8, 4) is 0 Å². The van der Waals surface area contributed by atoms with Crippen molar-refractivity contribution in [3.63, 3.8) is 0 Å². The summed E-state index contributed by atoms with van der Waals surface area (Å²) >= 11 is 0. The standard InChI is InChI=1S/C16H24N6O/c1-4-22-10-12(18-11-22)9-17-13-5-6-15(23)20(2)16(13)14-7-8-19-21(14)3/h7-8,10-11,13,16-17H,4-6,9H2,1-3H3/t13-,16-/m1/s1. The topological polar surface area (TPSA) is 68.0 Å². The van der Waals surface area contributed by atoms with E-state index in [2.05, 4.69) is 33.1 Å². The number of imidazole rings is 1. The fraction of sp³-hybridized carbons (Fsp3) is 0.562. The Bertz CT molecular complexity index is 676. The largest absolute Gasteiger partial charge is 0.337 e. The van der Waals surface area contributed by atoms with Gasteiger partial charge in [0.15, 0.2) is 0 Å². The molecule has 2 atom stereocenters. The minimum atomic E-state index is -0.00277. The molecule has 0 saturated carbocycles. The SMILES string of the molecule is CCn1cnc(CN[C@@H]2CCC(=O)N(C)[C@H]2c2ccnn2C)c1. The average Bonchev–Trinajstić information content (AvgIpc) is 3.17. The predicted octanol–water partition coefficient (Wildman–Crippen LogP) is 1.09. The predicted molar refractivity (Wildman–Crippen MR) is 86.5 cm³/mol. The van der Waals surface area contributed by atoms with E-state index in [0.29, 0.717) is 13.0 Å². The number of nitrogens with one attached hydrogen (secondary N) is 1. The Labute approximate surface area is 136 Å². The van der Waals surface area contributed by atoms with Gasteiger partial charge >= 0.3 is 0 Å². The van der Waals surface area contributed by atoms with Crippen LogP contribution in [0, 0.1) is 0 Å². The van der Waals surface area contributed by atoms with Crippen molar-refractivity contribution < 1.29 is 4.79 Å². The van der Waals surface area contributed by atoms with Crippen LogP contribution in [-0.2, 0) is 24.9 Å². The lowest BCUT2D eigenvalue weighted by atomic mass is 9.93. The number of hydrogen-bond acceptors (Lipinski definition) is 4. The molecular formula is C16H24N6O. The molecule has 7 heteroatoms. The van der Waals surface area contributed by atoms with Gasteiger partial charge < -0.3 is 14.8 Å². The molecule has 1 fully saturated rings. The monoisotopic (exact) mass is 316 g/mol. The number of aryl methyl sites for hydroxylation is 2. The molecule has 3 rings (SSSR count). The second kappa shape index (κ2) is 6.54. The minimum Gasteiger partial charge on any atom is -0.337 e. The van der Waals surface area contributed by atoms with Crippen molar-refractivity contribution in [2.24, 2.45) is 7.05 Å². The molecule has 1 saturated heterocycles. The van der Waals surface area contributed by atoms with E-state index < -0.39 is 0 Å². The number of likely N-dealkylation sites (tertiary alicyclic amines) is 1. The van der Waals surface area contributed by atoms with Gasteiger partial charge in [0, 0.05) is 52.0 Å². The molecule has 0 radical (unpaired) electrons. The third-order valence-electron chi connectivity index (χ3n) is 4.62. The van der Waals surface area contributed by atoms with Crippen LogP contribution in [0.4, 0.5) is 0 Å². The van der Waals surface area contributed by atoms with Crippen LogP contribution in [0.2, 0.25) is 0 Å². The van der Waals surface area contributed by atoms with Crippen LogP contribution < -0.4 is 5.32 Å². The Morgan fingerprint density at radius 3 is 2.87 bits per heavy atom. The lowest BCUT2D eigenvalue weighted by Crippen LogP contribution is -2.49. The fourth-order valence-electron chi connectivity index (χ4n) is 3.24.